The van der Waals surface area contributed by atoms with E-state index < -0.39 is 18.1 Å². The Morgan fingerprint density at radius 2 is 1.77 bits per heavy atom. The average molecular weight is 417 g/mol. The van der Waals surface area contributed by atoms with E-state index in [2.05, 4.69) is 15.6 Å². The summed E-state index contributed by atoms with van der Waals surface area (Å²) in [5.74, 6) is 0.129. The van der Waals surface area contributed by atoms with Crippen molar-refractivity contribution >= 4 is 23.5 Å². The molecular weight excluding hydrogens is 394 g/mol. The third-order valence-electron chi connectivity index (χ3n) is 5.25. The highest BCUT2D eigenvalue weighted by Crippen LogP contribution is 2.22. The molecule has 3 aromatic rings. The Morgan fingerprint density at radius 3 is 2.42 bits per heavy atom. The number of nitrogens with one attached hydrogen (secondary N) is 2. The lowest BCUT2D eigenvalue weighted by molar-refractivity contribution is -0.122. The van der Waals surface area contributed by atoms with Crippen LogP contribution in [0.15, 0.2) is 73.1 Å². The van der Waals surface area contributed by atoms with Gasteiger partial charge in [-0.2, -0.15) is 0 Å². The number of imidazole rings is 1. The molecule has 158 valence electrons. The molecule has 0 saturated carbocycles. The number of para-hydroxylation sites is 1. The van der Waals surface area contributed by atoms with E-state index in [1.54, 1.807) is 30.5 Å². The molecule has 0 aliphatic carbocycles. The first-order valence-electron chi connectivity index (χ1n) is 10.1. The number of hydrogen-bond acceptors (Lipinski definition) is 4. The Morgan fingerprint density at radius 1 is 1.10 bits per heavy atom. The second kappa shape index (κ2) is 8.83. The van der Waals surface area contributed by atoms with Crippen LogP contribution in [0.4, 0.5) is 10.5 Å². The van der Waals surface area contributed by atoms with Gasteiger partial charge in [-0.15, -0.1) is 0 Å². The first-order chi connectivity index (χ1) is 15.0. The SMILES string of the molecule is Cn1ccnc1[C@H](NC(=O)CC[C@@H]1NC(=O)N(c2ccccc2)C1=O)c1ccccc1. The maximum atomic E-state index is 12.7. The van der Waals surface area contributed by atoms with Crippen molar-refractivity contribution in [1.29, 1.82) is 0 Å². The van der Waals surface area contributed by atoms with E-state index in [1.807, 2.05) is 54.2 Å². The van der Waals surface area contributed by atoms with Crippen molar-refractivity contribution < 1.29 is 14.4 Å². The van der Waals surface area contributed by atoms with Gasteiger partial charge < -0.3 is 15.2 Å². The Kier molecular flexibility index (Phi) is 5.79. The lowest BCUT2D eigenvalue weighted by Crippen LogP contribution is -2.34. The minimum atomic E-state index is -0.734. The zero-order valence-corrected chi connectivity index (χ0v) is 17.1. The van der Waals surface area contributed by atoms with Gasteiger partial charge in [-0.05, 0) is 24.1 Å². The molecule has 0 radical (unpaired) electrons. The van der Waals surface area contributed by atoms with Crippen LogP contribution in [0.2, 0.25) is 0 Å². The maximum absolute atomic E-state index is 12.7. The number of rotatable bonds is 7. The number of amides is 4. The number of aromatic nitrogens is 2. The highest BCUT2D eigenvalue weighted by molar-refractivity contribution is 6.21. The molecule has 4 rings (SSSR count). The summed E-state index contributed by atoms with van der Waals surface area (Å²) in [4.78, 5) is 43.2. The fourth-order valence-electron chi connectivity index (χ4n) is 3.65. The fraction of sp³-hybridized carbons (Fsp3) is 0.217. The molecule has 0 bridgehead atoms. The van der Waals surface area contributed by atoms with Gasteiger partial charge >= 0.3 is 6.03 Å². The topological polar surface area (TPSA) is 96.3 Å². The highest BCUT2D eigenvalue weighted by Gasteiger charge is 2.39. The number of anilines is 1. The fourth-order valence-corrected chi connectivity index (χ4v) is 3.65. The van der Waals surface area contributed by atoms with Crippen LogP contribution in [0.25, 0.3) is 0 Å². The number of carbonyl (C=O) groups excluding carboxylic acids is 3. The molecule has 8 heteroatoms. The van der Waals surface area contributed by atoms with Crippen LogP contribution < -0.4 is 15.5 Å². The predicted molar refractivity (Wildman–Crippen MR) is 115 cm³/mol. The van der Waals surface area contributed by atoms with Crippen molar-refractivity contribution in [2.75, 3.05) is 4.90 Å². The first-order valence-corrected chi connectivity index (χ1v) is 10.1. The molecule has 0 spiro atoms. The number of imide groups is 1. The number of nitrogens with zero attached hydrogens (tertiary/aromatic N) is 3. The third-order valence-corrected chi connectivity index (χ3v) is 5.25. The van der Waals surface area contributed by atoms with Crippen LogP contribution in [0, 0.1) is 0 Å². The monoisotopic (exact) mass is 417 g/mol. The van der Waals surface area contributed by atoms with Gasteiger partial charge in [0, 0.05) is 25.9 Å². The summed E-state index contributed by atoms with van der Waals surface area (Å²) in [5.41, 5.74) is 1.42. The van der Waals surface area contributed by atoms with Gasteiger partial charge in [0.2, 0.25) is 5.91 Å². The van der Waals surface area contributed by atoms with Crippen molar-refractivity contribution in [3.8, 4) is 0 Å². The van der Waals surface area contributed by atoms with Crippen LogP contribution in [0.3, 0.4) is 0 Å². The molecule has 1 aliphatic rings. The second-order valence-corrected chi connectivity index (χ2v) is 7.36. The summed E-state index contributed by atoms with van der Waals surface area (Å²) in [5, 5.41) is 5.68. The lowest BCUT2D eigenvalue weighted by atomic mass is 10.1. The standard InChI is InChI=1S/C23H23N5O3/c1-27-15-14-24-21(27)20(16-8-4-2-5-9-16)26-19(29)13-12-18-22(30)28(23(31)25-18)17-10-6-3-7-11-17/h2-11,14-15,18,20H,12-13H2,1H3,(H,25,31)(H,26,29)/t18-,20+/m0/s1. The number of carbonyl (C=O) groups is 3. The van der Waals surface area contributed by atoms with E-state index in [-0.39, 0.29) is 24.7 Å². The molecule has 8 nitrogen and oxygen atoms in total. The maximum Gasteiger partial charge on any atom is 0.329 e. The Bertz CT molecular complexity index is 1080. The largest absolute Gasteiger partial charge is 0.342 e. The summed E-state index contributed by atoms with van der Waals surface area (Å²) in [7, 11) is 1.87. The molecule has 1 aromatic heterocycles. The van der Waals surface area contributed by atoms with Gasteiger partial charge in [-0.25, -0.2) is 14.7 Å². The predicted octanol–water partition coefficient (Wildman–Crippen LogP) is 2.53. The van der Waals surface area contributed by atoms with Crippen molar-refractivity contribution in [3.05, 3.63) is 84.4 Å². The quantitative estimate of drug-likeness (QED) is 0.578. The number of benzene rings is 2. The zero-order valence-electron chi connectivity index (χ0n) is 17.1. The lowest BCUT2D eigenvalue weighted by Gasteiger charge is -2.19. The Labute approximate surface area is 179 Å². The highest BCUT2D eigenvalue weighted by atomic mass is 16.2. The van der Waals surface area contributed by atoms with Crippen molar-refractivity contribution in [3.63, 3.8) is 0 Å². The van der Waals surface area contributed by atoms with E-state index in [4.69, 9.17) is 0 Å². The Balaban J connectivity index is 1.42. The minimum absolute atomic E-state index is 0.0903. The normalized spacial score (nSPS) is 16.8. The van der Waals surface area contributed by atoms with E-state index in [0.717, 1.165) is 10.5 Å². The molecule has 31 heavy (non-hydrogen) atoms. The zero-order chi connectivity index (χ0) is 21.8. The Hall–Kier alpha value is -3.94. The summed E-state index contributed by atoms with van der Waals surface area (Å²) >= 11 is 0. The van der Waals surface area contributed by atoms with E-state index in [1.165, 1.54) is 0 Å². The summed E-state index contributed by atoms with van der Waals surface area (Å²) in [6.45, 7) is 0. The molecule has 1 aliphatic heterocycles. The number of hydrogen-bond donors (Lipinski definition) is 2. The van der Waals surface area contributed by atoms with Crippen LogP contribution in [0.1, 0.15) is 30.3 Å². The first kappa shape index (κ1) is 20.3. The molecule has 2 N–H and O–H groups in total. The van der Waals surface area contributed by atoms with Crippen LogP contribution in [-0.2, 0) is 16.6 Å². The van der Waals surface area contributed by atoms with Gasteiger partial charge in [0.05, 0.1) is 5.69 Å². The number of aryl methyl sites for hydroxylation is 1. The van der Waals surface area contributed by atoms with Crippen LogP contribution >= 0.6 is 0 Å². The third kappa shape index (κ3) is 4.32. The second-order valence-electron chi connectivity index (χ2n) is 7.36. The van der Waals surface area contributed by atoms with Crippen molar-refractivity contribution in [2.45, 2.75) is 24.9 Å². The van der Waals surface area contributed by atoms with E-state index >= 15 is 0 Å². The minimum Gasteiger partial charge on any atom is -0.342 e. The average Bonchev–Trinajstić information content (AvgIpc) is 3.33. The molecule has 0 unspecified atom stereocenters. The summed E-state index contributed by atoms with van der Waals surface area (Å²) < 4.78 is 1.86. The molecule has 2 aromatic carbocycles. The molecule has 1 fully saturated rings. The van der Waals surface area contributed by atoms with Gasteiger partial charge in [0.1, 0.15) is 17.9 Å². The van der Waals surface area contributed by atoms with Crippen LogP contribution in [-0.4, -0.2) is 33.4 Å². The van der Waals surface area contributed by atoms with Crippen LogP contribution in [0.5, 0.6) is 0 Å². The van der Waals surface area contributed by atoms with Gasteiger partial charge in [0.15, 0.2) is 0 Å². The molecular formula is C23H23N5O3. The number of urea groups is 1. The smallest absolute Gasteiger partial charge is 0.329 e. The van der Waals surface area contributed by atoms with Crippen molar-refractivity contribution in [1.82, 2.24) is 20.2 Å². The molecule has 2 atom stereocenters. The van der Waals surface area contributed by atoms with E-state index in [0.29, 0.717) is 11.5 Å². The van der Waals surface area contributed by atoms with Gasteiger partial charge in [-0.1, -0.05) is 48.5 Å². The summed E-state index contributed by atoms with van der Waals surface area (Å²) in [6, 6.07) is 16.7. The summed E-state index contributed by atoms with van der Waals surface area (Å²) in [6.07, 6.45) is 3.81. The molecule has 1 saturated heterocycles. The van der Waals surface area contributed by atoms with E-state index in [9.17, 15) is 14.4 Å². The van der Waals surface area contributed by atoms with Gasteiger partial charge in [0.25, 0.3) is 5.91 Å². The molecule has 2 heterocycles. The van der Waals surface area contributed by atoms with Gasteiger partial charge in [-0.3, -0.25) is 9.59 Å². The molecule has 4 amide bonds. The van der Waals surface area contributed by atoms with Crippen molar-refractivity contribution in [2.24, 2.45) is 7.05 Å².